The van der Waals surface area contributed by atoms with Crippen LogP contribution in [0.15, 0.2) is 12.3 Å². The Balaban J connectivity index is 3.12. The van der Waals surface area contributed by atoms with E-state index < -0.39 is 16.0 Å². The van der Waals surface area contributed by atoms with Gasteiger partial charge in [0, 0.05) is 6.20 Å². The van der Waals surface area contributed by atoms with E-state index in [9.17, 15) is 13.2 Å². The Morgan fingerprint density at radius 2 is 2.21 bits per heavy atom. The predicted molar refractivity (Wildman–Crippen MR) is 51.0 cm³/mol. The minimum Gasteiger partial charge on any atom is -0.481 e. The maximum atomic E-state index is 11.1. The second kappa shape index (κ2) is 3.62. The Morgan fingerprint density at radius 1 is 1.64 bits per heavy atom. The summed E-state index contributed by atoms with van der Waals surface area (Å²) >= 11 is 5.60. The highest BCUT2D eigenvalue weighted by molar-refractivity contribution is 7.89. The topological polar surface area (TPSA) is 76.4 Å². The van der Waals surface area contributed by atoms with E-state index in [1.54, 1.807) is 0 Å². The molecule has 0 atom stereocenters. The molecule has 0 saturated heterocycles. The predicted octanol–water partition coefficient (Wildman–Crippen LogP) is 0.576. The van der Waals surface area contributed by atoms with Crippen molar-refractivity contribution in [1.29, 1.82) is 0 Å². The molecule has 1 rings (SSSR count). The first kappa shape index (κ1) is 11.1. The van der Waals surface area contributed by atoms with Gasteiger partial charge in [-0.25, -0.2) is 12.4 Å². The summed E-state index contributed by atoms with van der Waals surface area (Å²) in [6.07, 6.45) is 1.94. The molecule has 78 valence electrons. The number of nitrogens with zero attached hydrogens (tertiary/aromatic N) is 1. The van der Waals surface area contributed by atoms with Crippen LogP contribution in [-0.4, -0.2) is 29.7 Å². The number of hydrogen-bond donors (Lipinski definition) is 1. The molecule has 0 aliphatic heterocycles. The van der Waals surface area contributed by atoms with E-state index in [1.165, 1.54) is 12.3 Å². The molecule has 0 bridgehead atoms. The number of carboxylic acids is 1. The van der Waals surface area contributed by atoms with E-state index >= 15 is 0 Å². The number of hydrogen-bond acceptors (Lipinski definition) is 3. The number of halogens is 1. The highest BCUT2D eigenvalue weighted by Gasteiger charge is 2.13. The average molecular weight is 238 g/mol. The third-order valence-electron chi connectivity index (χ3n) is 1.51. The maximum absolute atomic E-state index is 11.1. The fourth-order valence-corrected chi connectivity index (χ4v) is 2.25. The Labute approximate surface area is 86.0 Å². The van der Waals surface area contributed by atoms with Crippen molar-refractivity contribution in [3.8, 4) is 0 Å². The molecule has 0 unspecified atom stereocenters. The second-order valence-corrected chi connectivity index (χ2v) is 5.05. The van der Waals surface area contributed by atoms with Crippen molar-refractivity contribution in [2.45, 2.75) is 6.42 Å². The van der Waals surface area contributed by atoms with Crippen LogP contribution >= 0.6 is 11.6 Å². The van der Waals surface area contributed by atoms with E-state index in [4.69, 9.17) is 16.7 Å². The molecular weight excluding hydrogens is 230 g/mol. The summed E-state index contributed by atoms with van der Waals surface area (Å²) in [7, 11) is -3.46. The van der Waals surface area contributed by atoms with Gasteiger partial charge in [-0.15, -0.1) is 0 Å². The molecule has 0 amide bonds. The van der Waals surface area contributed by atoms with Crippen molar-refractivity contribution < 1.29 is 18.3 Å². The number of carbonyl (C=O) groups is 1. The zero-order valence-corrected chi connectivity index (χ0v) is 8.84. The van der Waals surface area contributed by atoms with Crippen LogP contribution in [-0.2, 0) is 21.2 Å². The monoisotopic (exact) mass is 237 g/mol. The number of aromatic nitrogens is 1. The molecule has 1 N–H and O–H groups in total. The van der Waals surface area contributed by atoms with E-state index in [1.807, 2.05) is 0 Å². The van der Waals surface area contributed by atoms with Crippen LogP contribution in [0.3, 0.4) is 0 Å². The first-order valence-electron chi connectivity index (χ1n) is 3.60. The van der Waals surface area contributed by atoms with Crippen molar-refractivity contribution in [1.82, 2.24) is 3.97 Å². The minimum absolute atomic E-state index is 0.0104. The standard InChI is InChI=1S/C7H8ClNO4S/c1-14(12,13)9-4-5(2-6(9)8)3-7(10)11/h2,4H,3H2,1H3,(H,10,11). The molecule has 0 aromatic carbocycles. The fraction of sp³-hybridized carbons (Fsp3) is 0.286. The summed E-state index contributed by atoms with van der Waals surface area (Å²) in [5.74, 6) is -1.03. The van der Waals surface area contributed by atoms with Gasteiger partial charge in [0.25, 0.3) is 0 Å². The lowest BCUT2D eigenvalue weighted by Crippen LogP contribution is -2.08. The van der Waals surface area contributed by atoms with Crippen LogP contribution in [0.5, 0.6) is 0 Å². The lowest BCUT2D eigenvalue weighted by atomic mass is 10.2. The Bertz CT molecular complexity index is 462. The van der Waals surface area contributed by atoms with Crippen LogP contribution in [0.1, 0.15) is 5.56 Å². The molecule has 0 fully saturated rings. The van der Waals surface area contributed by atoms with E-state index in [0.717, 1.165) is 10.2 Å². The molecule has 7 heteroatoms. The summed E-state index contributed by atoms with van der Waals surface area (Å²) in [6, 6.07) is 1.32. The first-order chi connectivity index (χ1) is 6.30. The summed E-state index contributed by atoms with van der Waals surface area (Å²) in [5, 5.41) is 8.46. The largest absolute Gasteiger partial charge is 0.481 e. The Morgan fingerprint density at radius 3 is 2.57 bits per heavy atom. The van der Waals surface area contributed by atoms with Gasteiger partial charge >= 0.3 is 5.97 Å². The molecule has 0 spiro atoms. The van der Waals surface area contributed by atoms with Crippen molar-refractivity contribution in [2.24, 2.45) is 0 Å². The third kappa shape index (κ3) is 2.49. The van der Waals surface area contributed by atoms with E-state index in [0.29, 0.717) is 5.56 Å². The SMILES string of the molecule is CS(=O)(=O)n1cc(CC(=O)O)cc1Cl. The smallest absolute Gasteiger partial charge is 0.307 e. The fourth-order valence-electron chi connectivity index (χ4n) is 0.992. The van der Waals surface area contributed by atoms with Gasteiger partial charge in [-0.3, -0.25) is 4.79 Å². The van der Waals surface area contributed by atoms with Crippen LogP contribution in [0.25, 0.3) is 0 Å². The van der Waals surface area contributed by atoms with Crippen molar-refractivity contribution in [3.05, 3.63) is 23.0 Å². The van der Waals surface area contributed by atoms with Gasteiger partial charge < -0.3 is 5.11 Å². The molecular formula is C7H8ClNO4S. The lowest BCUT2D eigenvalue weighted by molar-refractivity contribution is -0.136. The van der Waals surface area contributed by atoms with E-state index in [2.05, 4.69) is 0 Å². The molecule has 14 heavy (non-hydrogen) atoms. The summed E-state index contributed by atoms with van der Waals surface area (Å²) in [6.45, 7) is 0. The molecule has 1 aromatic heterocycles. The zero-order chi connectivity index (χ0) is 10.9. The van der Waals surface area contributed by atoms with Gasteiger partial charge in [0.2, 0.25) is 10.0 Å². The zero-order valence-electron chi connectivity index (χ0n) is 7.27. The second-order valence-electron chi connectivity index (χ2n) is 2.80. The lowest BCUT2D eigenvalue weighted by Gasteiger charge is -1.98. The van der Waals surface area contributed by atoms with Crippen LogP contribution in [0.4, 0.5) is 0 Å². The third-order valence-corrected chi connectivity index (χ3v) is 2.92. The van der Waals surface area contributed by atoms with Gasteiger partial charge in [-0.05, 0) is 11.6 Å². The summed E-state index contributed by atoms with van der Waals surface area (Å²) in [4.78, 5) is 10.3. The molecule has 0 aliphatic carbocycles. The number of rotatable bonds is 3. The van der Waals surface area contributed by atoms with Gasteiger partial charge in [0.05, 0.1) is 12.7 Å². The molecule has 0 aliphatic rings. The first-order valence-corrected chi connectivity index (χ1v) is 5.82. The minimum atomic E-state index is -3.46. The van der Waals surface area contributed by atoms with Crippen LogP contribution < -0.4 is 0 Å². The number of aliphatic carboxylic acids is 1. The normalized spacial score (nSPS) is 11.6. The molecule has 5 nitrogen and oxygen atoms in total. The molecule has 0 radical (unpaired) electrons. The van der Waals surface area contributed by atoms with Gasteiger partial charge in [-0.1, -0.05) is 11.6 Å². The van der Waals surface area contributed by atoms with Gasteiger partial charge in [0.15, 0.2) is 0 Å². The summed E-state index contributed by atoms with van der Waals surface area (Å²) < 4.78 is 23.0. The summed E-state index contributed by atoms with van der Waals surface area (Å²) in [5.41, 5.74) is 0.355. The molecule has 0 saturated carbocycles. The Kier molecular flexibility index (Phi) is 2.86. The van der Waals surface area contributed by atoms with Gasteiger partial charge in [0.1, 0.15) is 5.15 Å². The van der Waals surface area contributed by atoms with Crippen LogP contribution in [0, 0.1) is 0 Å². The average Bonchev–Trinajstić information content (AvgIpc) is 2.27. The Hall–Kier alpha value is -1.01. The number of carboxylic acid groups (broad SMARTS) is 1. The van der Waals surface area contributed by atoms with Crippen molar-refractivity contribution >= 4 is 27.6 Å². The van der Waals surface area contributed by atoms with Crippen LogP contribution in [0.2, 0.25) is 5.15 Å². The van der Waals surface area contributed by atoms with Crippen molar-refractivity contribution in [2.75, 3.05) is 6.26 Å². The molecule has 1 aromatic rings. The van der Waals surface area contributed by atoms with E-state index in [-0.39, 0.29) is 11.6 Å². The highest BCUT2D eigenvalue weighted by Crippen LogP contribution is 2.16. The molecule has 1 heterocycles. The quantitative estimate of drug-likeness (QED) is 0.834. The van der Waals surface area contributed by atoms with Gasteiger partial charge in [-0.2, -0.15) is 0 Å². The highest BCUT2D eigenvalue weighted by atomic mass is 35.5. The van der Waals surface area contributed by atoms with Crippen molar-refractivity contribution in [3.63, 3.8) is 0 Å². The maximum Gasteiger partial charge on any atom is 0.307 e.